The fraction of sp³-hybridized carbons (Fsp3) is 0.647. The highest BCUT2D eigenvalue weighted by Gasteiger charge is 2.81. The summed E-state index contributed by atoms with van der Waals surface area (Å²) in [6, 6.07) is 2.51. The van der Waals surface area contributed by atoms with Crippen molar-refractivity contribution < 1.29 is 31.1 Å². The first kappa shape index (κ1) is 17.6. The van der Waals surface area contributed by atoms with Gasteiger partial charge in [0.05, 0.1) is 6.61 Å². The highest BCUT2D eigenvalue weighted by Crippen LogP contribution is 2.67. The first-order valence-corrected chi connectivity index (χ1v) is 7.81. The third-order valence-corrected chi connectivity index (χ3v) is 5.75. The summed E-state index contributed by atoms with van der Waals surface area (Å²) < 4.78 is 90.1. The summed E-state index contributed by atoms with van der Waals surface area (Å²) >= 11 is 0. The van der Waals surface area contributed by atoms with Gasteiger partial charge in [0.25, 0.3) is 0 Å². The van der Waals surface area contributed by atoms with Gasteiger partial charge in [0.15, 0.2) is 11.6 Å². The van der Waals surface area contributed by atoms with E-state index in [1.807, 2.05) is 0 Å². The third-order valence-electron chi connectivity index (χ3n) is 5.75. The van der Waals surface area contributed by atoms with E-state index in [0.29, 0.717) is 0 Å². The van der Waals surface area contributed by atoms with Crippen LogP contribution >= 0.6 is 0 Å². The third kappa shape index (κ3) is 2.06. The molecule has 3 aliphatic carbocycles. The lowest BCUT2D eigenvalue weighted by Gasteiger charge is -2.59. The van der Waals surface area contributed by atoms with Gasteiger partial charge in [-0.15, -0.1) is 0 Å². The standard InChI is InChI=1S/C17H18F6O/c1-10-3-4-11(13(19)12(10)18)9-24-15-7-5-14(2,6-8-15)16(20,21)17(15,22)23/h3-4H,5-9H2,1-2H3. The molecule has 3 fully saturated rings. The predicted molar refractivity (Wildman–Crippen MR) is 75.1 cm³/mol. The van der Waals surface area contributed by atoms with E-state index in [0.717, 1.165) is 0 Å². The number of hydrogen-bond donors (Lipinski definition) is 0. The van der Waals surface area contributed by atoms with Gasteiger partial charge < -0.3 is 4.74 Å². The maximum Gasteiger partial charge on any atom is 0.338 e. The molecule has 0 spiro atoms. The number of fused-ring (bicyclic) bond motifs is 3. The highest BCUT2D eigenvalue weighted by atomic mass is 19.3. The molecule has 0 saturated heterocycles. The second-order valence-electron chi connectivity index (χ2n) is 7.16. The zero-order chi connectivity index (χ0) is 18.0. The van der Waals surface area contributed by atoms with Crippen LogP contribution in [0.25, 0.3) is 0 Å². The molecule has 0 unspecified atom stereocenters. The zero-order valence-electron chi connectivity index (χ0n) is 13.4. The second kappa shape index (κ2) is 5.13. The van der Waals surface area contributed by atoms with Gasteiger partial charge in [0.1, 0.15) is 5.60 Å². The fourth-order valence-corrected chi connectivity index (χ4v) is 3.75. The van der Waals surface area contributed by atoms with Crippen LogP contribution < -0.4 is 0 Å². The molecule has 3 aliphatic rings. The molecular formula is C17H18F6O. The van der Waals surface area contributed by atoms with E-state index in [-0.39, 0.29) is 36.8 Å². The summed E-state index contributed by atoms with van der Waals surface area (Å²) in [6.07, 6.45) is -0.662. The van der Waals surface area contributed by atoms with Crippen molar-refractivity contribution in [2.45, 2.75) is 63.6 Å². The van der Waals surface area contributed by atoms with Crippen molar-refractivity contribution in [3.05, 3.63) is 34.9 Å². The minimum absolute atomic E-state index is 0.0670. The van der Waals surface area contributed by atoms with E-state index < -0.39 is 41.1 Å². The topological polar surface area (TPSA) is 9.23 Å². The Labute approximate surface area is 136 Å². The smallest absolute Gasteiger partial charge is 0.338 e. The van der Waals surface area contributed by atoms with Crippen molar-refractivity contribution >= 4 is 0 Å². The number of alkyl halides is 4. The normalized spacial score (nSPS) is 33.7. The molecule has 0 aliphatic heterocycles. The first-order valence-electron chi connectivity index (χ1n) is 7.81. The monoisotopic (exact) mass is 352 g/mol. The van der Waals surface area contributed by atoms with Crippen LogP contribution in [0.4, 0.5) is 26.3 Å². The second-order valence-corrected chi connectivity index (χ2v) is 7.16. The molecular weight excluding hydrogens is 334 g/mol. The number of rotatable bonds is 3. The zero-order valence-corrected chi connectivity index (χ0v) is 13.4. The van der Waals surface area contributed by atoms with Gasteiger partial charge in [0, 0.05) is 11.0 Å². The van der Waals surface area contributed by atoms with Crippen LogP contribution in [0.2, 0.25) is 0 Å². The number of hydrogen-bond acceptors (Lipinski definition) is 1. The van der Waals surface area contributed by atoms with Crippen molar-refractivity contribution in [1.29, 1.82) is 0 Å². The van der Waals surface area contributed by atoms with E-state index in [1.54, 1.807) is 0 Å². The van der Waals surface area contributed by atoms with Crippen molar-refractivity contribution in [3.63, 3.8) is 0 Å². The van der Waals surface area contributed by atoms with Crippen LogP contribution in [0.1, 0.15) is 43.7 Å². The van der Waals surface area contributed by atoms with Gasteiger partial charge in [-0.25, -0.2) is 8.78 Å². The fourth-order valence-electron chi connectivity index (χ4n) is 3.75. The summed E-state index contributed by atoms with van der Waals surface area (Å²) in [4.78, 5) is 0. The van der Waals surface area contributed by atoms with Gasteiger partial charge in [-0.1, -0.05) is 19.1 Å². The Kier molecular flexibility index (Phi) is 3.76. The van der Waals surface area contributed by atoms with Gasteiger partial charge >= 0.3 is 11.8 Å². The van der Waals surface area contributed by atoms with E-state index in [1.165, 1.54) is 26.0 Å². The molecule has 0 heterocycles. The first-order chi connectivity index (χ1) is 11.0. The lowest BCUT2D eigenvalue weighted by molar-refractivity contribution is -0.389. The molecule has 1 aromatic carbocycles. The highest BCUT2D eigenvalue weighted by molar-refractivity contribution is 5.25. The summed E-state index contributed by atoms with van der Waals surface area (Å²) in [7, 11) is 0. The maximum absolute atomic E-state index is 14.5. The number of benzene rings is 1. The molecule has 134 valence electrons. The van der Waals surface area contributed by atoms with Gasteiger partial charge in [-0.2, -0.15) is 17.6 Å². The quantitative estimate of drug-likeness (QED) is 0.663. The largest absolute Gasteiger partial charge is 0.364 e. The maximum atomic E-state index is 14.5. The molecule has 24 heavy (non-hydrogen) atoms. The number of halogens is 6. The average Bonchev–Trinajstić information content (AvgIpc) is 2.52. The molecule has 2 bridgehead atoms. The van der Waals surface area contributed by atoms with Crippen molar-refractivity contribution in [2.75, 3.05) is 0 Å². The molecule has 0 aromatic heterocycles. The van der Waals surface area contributed by atoms with Crippen molar-refractivity contribution in [3.8, 4) is 0 Å². The molecule has 1 aromatic rings. The summed E-state index contributed by atoms with van der Waals surface area (Å²) in [5, 5.41) is 0. The van der Waals surface area contributed by atoms with Crippen molar-refractivity contribution in [1.82, 2.24) is 0 Å². The Hall–Kier alpha value is -1.24. The predicted octanol–water partition coefficient (Wildman–Crippen LogP) is 5.39. The lowest BCUT2D eigenvalue weighted by atomic mass is 9.55. The number of aryl methyl sites for hydroxylation is 1. The molecule has 7 heteroatoms. The van der Waals surface area contributed by atoms with Crippen LogP contribution in [-0.4, -0.2) is 17.4 Å². The minimum Gasteiger partial charge on any atom is -0.364 e. The summed E-state index contributed by atoms with van der Waals surface area (Å²) in [5.74, 6) is -10.8. The Morgan fingerprint density at radius 3 is 2.08 bits per heavy atom. The SMILES string of the molecule is Cc1ccc(COC23CCC(C)(CC2)C(F)(F)C3(F)F)c(F)c1F. The minimum atomic E-state index is -4.36. The Bertz CT molecular complexity index is 661. The Balaban J connectivity index is 1.89. The van der Waals surface area contributed by atoms with E-state index in [9.17, 15) is 26.3 Å². The average molecular weight is 352 g/mol. The van der Waals surface area contributed by atoms with E-state index in [2.05, 4.69) is 0 Å². The Morgan fingerprint density at radius 2 is 1.50 bits per heavy atom. The summed E-state index contributed by atoms with van der Waals surface area (Å²) in [5.41, 5.74) is -4.30. The van der Waals surface area contributed by atoms with Crippen LogP contribution in [0.3, 0.4) is 0 Å². The molecule has 0 amide bonds. The molecule has 1 nitrogen and oxygen atoms in total. The van der Waals surface area contributed by atoms with Crippen LogP contribution in [-0.2, 0) is 11.3 Å². The lowest BCUT2D eigenvalue weighted by Crippen LogP contribution is -2.72. The van der Waals surface area contributed by atoms with Gasteiger partial charge in [0.2, 0.25) is 0 Å². The molecule has 3 saturated carbocycles. The Morgan fingerprint density at radius 1 is 0.917 bits per heavy atom. The molecule has 0 N–H and O–H groups in total. The number of ether oxygens (including phenoxy) is 1. The van der Waals surface area contributed by atoms with Gasteiger partial charge in [-0.05, 0) is 38.2 Å². The molecule has 0 radical (unpaired) electrons. The van der Waals surface area contributed by atoms with Crippen molar-refractivity contribution in [2.24, 2.45) is 5.41 Å². The van der Waals surface area contributed by atoms with Crippen LogP contribution in [0.15, 0.2) is 12.1 Å². The molecule has 0 atom stereocenters. The van der Waals surface area contributed by atoms with Crippen LogP contribution in [0, 0.1) is 24.0 Å². The van der Waals surface area contributed by atoms with E-state index >= 15 is 0 Å². The molecule has 4 rings (SSSR count). The van der Waals surface area contributed by atoms with E-state index in [4.69, 9.17) is 4.74 Å². The van der Waals surface area contributed by atoms with Gasteiger partial charge in [-0.3, -0.25) is 0 Å². The van der Waals surface area contributed by atoms with Crippen LogP contribution in [0.5, 0.6) is 0 Å². The summed E-state index contributed by atoms with van der Waals surface area (Å²) in [6.45, 7) is 1.85.